The Bertz CT molecular complexity index is 1760. The van der Waals surface area contributed by atoms with E-state index < -0.39 is 0 Å². The van der Waals surface area contributed by atoms with Gasteiger partial charge in [0.15, 0.2) is 0 Å². The molecule has 6 rings (SSSR count). The highest BCUT2D eigenvalue weighted by molar-refractivity contribution is 7.95. The quantitative estimate of drug-likeness (QED) is 0.201. The van der Waals surface area contributed by atoms with Gasteiger partial charge in [-0.2, -0.15) is 5.10 Å². The summed E-state index contributed by atoms with van der Waals surface area (Å²) in [6, 6.07) is 14.1. The fourth-order valence-electron chi connectivity index (χ4n) is 6.63. The van der Waals surface area contributed by atoms with Crippen LogP contribution in [0, 0.1) is 6.92 Å². The molecule has 1 saturated carbocycles. The molecule has 0 atom stereocenters. The first-order valence-electron chi connectivity index (χ1n) is 16.2. The molecule has 1 aliphatic carbocycles. The normalized spacial score (nSPS) is 14.5. The molecule has 10 heteroatoms. The van der Waals surface area contributed by atoms with Crippen molar-refractivity contribution in [2.75, 3.05) is 21.2 Å². The lowest BCUT2D eigenvalue weighted by Crippen LogP contribution is -2.27. The summed E-state index contributed by atoms with van der Waals surface area (Å²) in [5.41, 5.74) is 8.51. The van der Waals surface area contributed by atoms with Crippen LogP contribution in [0.4, 0.5) is 0 Å². The minimum absolute atomic E-state index is 0.136. The number of hydrogen-bond acceptors (Lipinski definition) is 6. The van der Waals surface area contributed by atoms with Crippen molar-refractivity contribution in [3.8, 4) is 17.0 Å². The number of benzene rings is 2. The van der Waals surface area contributed by atoms with E-state index in [0.29, 0.717) is 30.1 Å². The van der Waals surface area contributed by atoms with E-state index in [4.69, 9.17) is 4.74 Å². The van der Waals surface area contributed by atoms with Crippen LogP contribution in [-0.4, -0.2) is 51.7 Å². The van der Waals surface area contributed by atoms with Gasteiger partial charge in [0, 0.05) is 46.8 Å². The molecule has 0 radical (unpaired) electrons. The molecule has 0 saturated heterocycles. The Hall–Kier alpha value is -4.02. The summed E-state index contributed by atoms with van der Waals surface area (Å²) in [6.07, 6.45) is 7.92. The Morgan fingerprint density at radius 1 is 1.04 bits per heavy atom. The molecule has 2 aromatic heterocycles. The number of nitrogens with zero attached hydrogens (tertiary/aromatic N) is 4. The lowest BCUT2D eigenvalue weighted by Gasteiger charge is -2.24. The molecule has 1 fully saturated rings. The van der Waals surface area contributed by atoms with Crippen LogP contribution < -0.4 is 14.8 Å². The van der Waals surface area contributed by atoms with E-state index in [-0.39, 0.29) is 11.8 Å². The molecule has 1 aliphatic heterocycles. The largest absolute Gasteiger partial charge is 0.497 e. The first kappa shape index (κ1) is 33.3. The third-order valence-corrected chi connectivity index (χ3v) is 9.33. The number of methoxy groups -OCH3 is 1. The average molecular weight is 643 g/mol. The maximum absolute atomic E-state index is 13.9. The van der Waals surface area contributed by atoms with Gasteiger partial charge in [-0.25, -0.2) is 4.31 Å². The van der Waals surface area contributed by atoms with Gasteiger partial charge < -0.3 is 14.6 Å². The highest BCUT2D eigenvalue weighted by atomic mass is 32.2. The summed E-state index contributed by atoms with van der Waals surface area (Å²) < 4.78 is 14.4. The van der Waals surface area contributed by atoms with Crippen LogP contribution in [0.2, 0.25) is 0 Å². The van der Waals surface area contributed by atoms with Crippen LogP contribution >= 0.6 is 12.1 Å². The Morgan fingerprint density at radius 2 is 1.80 bits per heavy atom. The number of rotatable bonds is 8. The second-order valence-electron chi connectivity index (χ2n) is 12.0. The van der Waals surface area contributed by atoms with Crippen molar-refractivity contribution in [2.45, 2.75) is 71.9 Å². The lowest BCUT2D eigenvalue weighted by atomic mass is 9.81. The van der Waals surface area contributed by atoms with Gasteiger partial charge in [0.05, 0.1) is 37.3 Å². The van der Waals surface area contributed by atoms with Gasteiger partial charge in [-0.05, 0) is 93.4 Å². The van der Waals surface area contributed by atoms with Crippen LogP contribution in [0.15, 0.2) is 48.0 Å². The molecule has 3 heterocycles. The van der Waals surface area contributed by atoms with Crippen molar-refractivity contribution in [1.82, 2.24) is 28.7 Å². The Kier molecular flexibility index (Phi) is 10.6. The van der Waals surface area contributed by atoms with Crippen molar-refractivity contribution < 1.29 is 14.3 Å². The minimum atomic E-state index is -0.154. The standard InChI is InChI=1S/C34H40N6O3S.C2H6/c1-21-15-26(39(4)36-21)19-35-33(41)25-16-24-17-27(43-5)12-14-28(24)32-31(22-9-7-6-8-10-22)29-13-11-23(18-30(29)40(32)20-25)34(42)37-44-38(2)3;1-2/h11-18,22H,6-10,19-20H2,1-5H3,(H,35,41)(H,37,42);1-2H3. The summed E-state index contributed by atoms with van der Waals surface area (Å²) in [6.45, 7) is 6.70. The van der Waals surface area contributed by atoms with E-state index >= 15 is 0 Å². The van der Waals surface area contributed by atoms with Gasteiger partial charge in [-0.3, -0.25) is 19.0 Å². The Labute approximate surface area is 276 Å². The van der Waals surface area contributed by atoms with Crippen molar-refractivity contribution >= 4 is 40.9 Å². The number of nitrogens with one attached hydrogen (secondary N) is 2. The summed E-state index contributed by atoms with van der Waals surface area (Å²) in [7, 11) is 7.33. The maximum atomic E-state index is 13.9. The number of fused-ring (bicyclic) bond motifs is 5. The second kappa shape index (κ2) is 14.6. The number of carbonyl (C=O) groups excluding carboxylic acids is 2. The third-order valence-electron chi connectivity index (χ3n) is 8.69. The Morgan fingerprint density at radius 3 is 2.48 bits per heavy atom. The molecular weight excluding hydrogens is 597 g/mol. The summed E-state index contributed by atoms with van der Waals surface area (Å²) in [4.78, 5) is 27.0. The molecule has 0 spiro atoms. The van der Waals surface area contributed by atoms with Crippen molar-refractivity contribution in [1.29, 1.82) is 0 Å². The van der Waals surface area contributed by atoms with Crippen molar-refractivity contribution in [3.63, 3.8) is 0 Å². The van der Waals surface area contributed by atoms with Crippen molar-refractivity contribution in [2.24, 2.45) is 7.05 Å². The van der Waals surface area contributed by atoms with E-state index in [1.807, 2.05) is 82.6 Å². The first-order valence-corrected chi connectivity index (χ1v) is 17.0. The van der Waals surface area contributed by atoms with E-state index in [1.54, 1.807) is 11.8 Å². The van der Waals surface area contributed by atoms with Gasteiger partial charge in [-0.15, -0.1) is 0 Å². The molecule has 244 valence electrons. The molecule has 4 aromatic rings. The SMILES string of the molecule is CC.COc1ccc2c(c1)C=C(C(=O)NCc1cc(C)nn1C)Cn1c-2c(C2CCCCC2)c2ccc(C(=O)NSN(C)C)cc21. The van der Waals surface area contributed by atoms with Crippen LogP contribution in [0.5, 0.6) is 5.75 Å². The van der Waals surface area contributed by atoms with Crippen LogP contribution in [0.3, 0.4) is 0 Å². The second-order valence-corrected chi connectivity index (χ2v) is 13.1. The highest BCUT2D eigenvalue weighted by Gasteiger charge is 2.30. The minimum Gasteiger partial charge on any atom is -0.497 e. The van der Waals surface area contributed by atoms with Crippen LogP contribution in [-0.2, 0) is 24.9 Å². The van der Waals surface area contributed by atoms with E-state index in [1.165, 1.54) is 37.0 Å². The first-order chi connectivity index (χ1) is 22.2. The molecule has 2 aromatic carbocycles. The number of aryl methyl sites for hydroxylation is 2. The maximum Gasteiger partial charge on any atom is 0.262 e. The molecule has 9 nitrogen and oxygen atoms in total. The number of hydrogen-bond donors (Lipinski definition) is 2. The molecule has 2 amide bonds. The van der Waals surface area contributed by atoms with Crippen LogP contribution in [0.1, 0.15) is 84.7 Å². The van der Waals surface area contributed by atoms with E-state index in [2.05, 4.69) is 31.8 Å². The van der Waals surface area contributed by atoms with Gasteiger partial charge >= 0.3 is 0 Å². The zero-order valence-corrected chi connectivity index (χ0v) is 28.9. The average Bonchev–Trinajstić information content (AvgIpc) is 3.50. The predicted molar refractivity (Wildman–Crippen MR) is 188 cm³/mol. The number of amides is 2. The molecular formula is C36H46N6O3S. The molecule has 2 N–H and O–H groups in total. The van der Waals surface area contributed by atoms with Crippen LogP contribution in [0.25, 0.3) is 28.2 Å². The predicted octanol–water partition coefficient (Wildman–Crippen LogP) is 7.00. The monoisotopic (exact) mass is 642 g/mol. The summed E-state index contributed by atoms with van der Waals surface area (Å²) in [5, 5.41) is 8.70. The molecule has 2 aliphatic rings. The Balaban J connectivity index is 0.00000204. The van der Waals surface area contributed by atoms with Gasteiger partial charge in [0.2, 0.25) is 5.91 Å². The van der Waals surface area contributed by atoms with Gasteiger partial charge in [-0.1, -0.05) is 39.2 Å². The number of ether oxygens (including phenoxy) is 1. The lowest BCUT2D eigenvalue weighted by molar-refractivity contribution is -0.117. The van der Waals surface area contributed by atoms with Gasteiger partial charge in [0.1, 0.15) is 5.75 Å². The fourth-order valence-corrected chi connectivity index (χ4v) is 7.01. The zero-order chi connectivity index (χ0) is 33.0. The summed E-state index contributed by atoms with van der Waals surface area (Å²) in [5.74, 6) is 0.859. The van der Waals surface area contributed by atoms with E-state index in [0.717, 1.165) is 57.7 Å². The summed E-state index contributed by atoms with van der Waals surface area (Å²) >= 11 is 1.25. The van der Waals surface area contributed by atoms with E-state index in [9.17, 15) is 9.59 Å². The van der Waals surface area contributed by atoms with Crippen molar-refractivity contribution in [3.05, 3.63) is 76.1 Å². The number of carbonyl (C=O) groups is 2. The molecule has 0 bridgehead atoms. The zero-order valence-electron chi connectivity index (χ0n) is 28.1. The number of aromatic nitrogens is 3. The third kappa shape index (κ3) is 6.88. The van der Waals surface area contributed by atoms with Gasteiger partial charge in [0.25, 0.3) is 5.91 Å². The fraction of sp³-hybridized carbons (Fsp3) is 0.417. The molecule has 46 heavy (non-hydrogen) atoms. The molecule has 0 unspecified atom stereocenters. The topological polar surface area (TPSA) is 93.4 Å². The smallest absolute Gasteiger partial charge is 0.262 e. The highest BCUT2D eigenvalue weighted by Crippen LogP contribution is 2.47.